The molecule has 0 aromatic carbocycles. The Labute approximate surface area is 340 Å². The second kappa shape index (κ2) is 21.0. The van der Waals surface area contributed by atoms with Gasteiger partial charge in [0.15, 0.2) is 5.78 Å². The maximum absolute atomic E-state index is 14.3. The van der Waals surface area contributed by atoms with Crippen LogP contribution in [0.5, 0.6) is 0 Å². The molecule has 12 nitrogen and oxygen atoms in total. The number of aliphatic hydroxyl groups is 2. The number of ketones is 2. The number of Topliss-reactive ketones (excluding diaryl/α,β-unsaturated/α-hetero) is 2. The van der Waals surface area contributed by atoms with Gasteiger partial charge in [0.1, 0.15) is 18.2 Å². The van der Waals surface area contributed by atoms with Crippen molar-refractivity contribution in [2.75, 3.05) is 27.9 Å². The van der Waals surface area contributed by atoms with Crippen molar-refractivity contribution < 1.29 is 53.1 Å². The first-order valence-corrected chi connectivity index (χ1v) is 21.2. The Hall–Kier alpha value is -2.74. The summed E-state index contributed by atoms with van der Waals surface area (Å²) < 4.78 is 30.1. The lowest BCUT2D eigenvalue weighted by molar-refractivity contribution is -0.302. The van der Waals surface area contributed by atoms with Crippen molar-refractivity contribution in [3.05, 3.63) is 36.0 Å². The molecule has 2 saturated heterocycles. The highest BCUT2D eigenvalue weighted by Gasteiger charge is 2.56. The van der Waals surface area contributed by atoms with E-state index >= 15 is 0 Å². The van der Waals surface area contributed by atoms with E-state index in [0.717, 1.165) is 24.8 Å². The highest BCUT2D eigenvalue weighted by Crippen LogP contribution is 2.39. The fraction of sp³-hybridized carbons (Fsp3) is 0.778. The van der Waals surface area contributed by atoms with Crippen molar-refractivity contribution in [2.24, 2.45) is 35.5 Å². The molecule has 4 aliphatic rings. The lowest BCUT2D eigenvalue weighted by atomic mass is 9.79. The van der Waals surface area contributed by atoms with E-state index in [1.54, 1.807) is 27.0 Å². The van der Waals surface area contributed by atoms with Crippen LogP contribution in [0.4, 0.5) is 0 Å². The van der Waals surface area contributed by atoms with E-state index in [1.807, 2.05) is 19.9 Å². The van der Waals surface area contributed by atoms with Crippen LogP contribution in [-0.4, -0.2) is 115 Å². The number of ether oxygens (including phenoxy) is 5. The molecule has 3 aliphatic heterocycles. The first kappa shape index (κ1) is 46.9. The minimum absolute atomic E-state index is 0.0351. The molecule has 1 aliphatic carbocycles. The van der Waals surface area contributed by atoms with Gasteiger partial charge in [-0.2, -0.15) is 0 Å². The van der Waals surface area contributed by atoms with E-state index in [0.29, 0.717) is 43.6 Å². The molecule has 1 unspecified atom stereocenters. The Morgan fingerprint density at radius 3 is 2.25 bits per heavy atom. The van der Waals surface area contributed by atoms with Crippen molar-refractivity contribution in [1.29, 1.82) is 0 Å². The van der Waals surface area contributed by atoms with E-state index in [-0.39, 0.29) is 55.4 Å². The molecule has 0 spiro atoms. The molecular formula is C45H71NO11. The van der Waals surface area contributed by atoms with Gasteiger partial charge in [0.25, 0.3) is 11.7 Å². The molecule has 4 rings (SSSR count). The molecule has 0 aromatic heterocycles. The summed E-state index contributed by atoms with van der Waals surface area (Å²) in [5, 5.41) is 23.8. The van der Waals surface area contributed by atoms with Crippen molar-refractivity contribution in [2.45, 2.75) is 161 Å². The van der Waals surface area contributed by atoms with Gasteiger partial charge in [0.2, 0.25) is 5.79 Å². The lowest BCUT2D eigenvalue weighted by Crippen LogP contribution is -2.64. The van der Waals surface area contributed by atoms with E-state index in [4.69, 9.17) is 23.7 Å². The average Bonchev–Trinajstić information content (AvgIpc) is 3.18. The summed E-state index contributed by atoms with van der Waals surface area (Å²) in [6.45, 7) is 15.5. The molecule has 1 saturated carbocycles. The second-order valence-electron chi connectivity index (χ2n) is 17.7. The Bertz CT molecular complexity index is 1480. The number of amides is 1. The first-order chi connectivity index (χ1) is 27.0. The van der Waals surface area contributed by atoms with Crippen LogP contribution in [0.25, 0.3) is 0 Å². The van der Waals surface area contributed by atoms with Crippen molar-refractivity contribution in [3.8, 4) is 0 Å². The normalized spacial score (nSPS) is 40.1. The van der Waals surface area contributed by atoms with Gasteiger partial charge in [0, 0.05) is 46.1 Å². The van der Waals surface area contributed by atoms with Crippen LogP contribution in [0.3, 0.4) is 0 Å². The van der Waals surface area contributed by atoms with Gasteiger partial charge in [-0.25, -0.2) is 4.79 Å². The van der Waals surface area contributed by atoms with Gasteiger partial charge in [-0.15, -0.1) is 6.58 Å². The average molecular weight is 802 g/mol. The molecule has 0 aromatic rings. The number of cyclic esters (lactones) is 1. The highest BCUT2D eigenvalue weighted by molar-refractivity contribution is 6.39. The molecule has 3 heterocycles. The van der Waals surface area contributed by atoms with Gasteiger partial charge in [-0.3, -0.25) is 14.4 Å². The third-order valence-corrected chi connectivity index (χ3v) is 13.2. The molecule has 12 heteroatoms. The second-order valence-corrected chi connectivity index (χ2v) is 17.7. The number of esters is 1. The summed E-state index contributed by atoms with van der Waals surface area (Å²) in [7, 11) is 4.79. The number of nitrogens with zero attached hydrogens (tertiary/aromatic N) is 1. The monoisotopic (exact) mass is 802 g/mol. The van der Waals surface area contributed by atoms with Crippen LogP contribution >= 0.6 is 0 Å². The molecule has 1 amide bonds. The smallest absolute Gasteiger partial charge is 0.329 e. The van der Waals surface area contributed by atoms with Crippen LogP contribution < -0.4 is 0 Å². The summed E-state index contributed by atoms with van der Waals surface area (Å²) in [6, 6.07) is -1.11. The summed E-state index contributed by atoms with van der Waals surface area (Å²) >= 11 is 0. The zero-order chi connectivity index (χ0) is 42.2. The summed E-state index contributed by atoms with van der Waals surface area (Å²) in [4.78, 5) is 57.9. The number of hydrogen-bond acceptors (Lipinski definition) is 11. The number of carbonyl (C=O) groups excluding carboxylic acids is 4. The number of aliphatic hydroxyl groups excluding tert-OH is 1. The predicted molar refractivity (Wildman–Crippen MR) is 216 cm³/mol. The van der Waals surface area contributed by atoms with E-state index in [1.165, 1.54) is 19.1 Å². The SMILES string of the molecule is C=CCC1=CC(C)C[C@@H](C)C[C@@H](OC)[C@H]2O[C@@](O)(C(=O)C(=O)N3CCCC[C@H]3C(=O)O[C@@H](C(C)=C[C@@H]3CC[C@H](C)[C@H](OC)C3)[C@@H](C)[C@H](O)CC1=O)[C@H](C)C[C@@H]2OC. The number of rotatable bonds is 7. The van der Waals surface area contributed by atoms with Gasteiger partial charge in [-0.05, 0) is 106 Å². The topological polar surface area (TPSA) is 158 Å². The zero-order valence-corrected chi connectivity index (χ0v) is 35.9. The van der Waals surface area contributed by atoms with E-state index < -0.39 is 71.8 Å². The van der Waals surface area contributed by atoms with Crippen LogP contribution in [0.15, 0.2) is 36.0 Å². The van der Waals surface area contributed by atoms with Crippen LogP contribution in [0.1, 0.15) is 112 Å². The fourth-order valence-electron chi connectivity index (χ4n) is 9.69. The largest absolute Gasteiger partial charge is 0.456 e. The van der Waals surface area contributed by atoms with Gasteiger partial charge in [-0.1, -0.05) is 52.8 Å². The van der Waals surface area contributed by atoms with Crippen molar-refractivity contribution in [3.63, 3.8) is 0 Å². The number of piperidine rings is 1. The molecule has 322 valence electrons. The summed E-state index contributed by atoms with van der Waals surface area (Å²) in [5.74, 6) is -6.52. The summed E-state index contributed by atoms with van der Waals surface area (Å²) in [5.41, 5.74) is 1.28. The third-order valence-electron chi connectivity index (χ3n) is 13.2. The molecule has 14 atom stereocenters. The predicted octanol–water partition coefficient (Wildman–Crippen LogP) is 5.91. The number of methoxy groups -OCH3 is 3. The van der Waals surface area contributed by atoms with Gasteiger partial charge < -0.3 is 38.8 Å². The molecule has 3 fully saturated rings. The number of carbonyl (C=O) groups is 4. The Balaban J connectivity index is 1.78. The van der Waals surface area contributed by atoms with E-state index in [2.05, 4.69) is 26.5 Å². The standard InChI is InChI=1S/C45H71NO11/c1-11-14-33-20-26(2)19-27(3)21-38(54-9)41-39(55-10)23-30(6)45(52,57-41)42(49)43(50)46-18-13-12-15-34(46)44(51)56-40(31(7)35(47)25-36(33)48)29(5)22-32-17-16-28(4)37(24-32)53-8/h11,20,22,26-28,30-32,34-35,37-41,47,52H,1,12-19,21,23-25H2,2-10H3/t26?,27-,28+,30-,31+,32+,34+,35-,37-,38-,39+,40+,41-,45-/m1/s1. The van der Waals surface area contributed by atoms with Crippen LogP contribution in [0.2, 0.25) is 0 Å². The Morgan fingerprint density at radius 2 is 1.60 bits per heavy atom. The van der Waals surface area contributed by atoms with Gasteiger partial charge >= 0.3 is 5.97 Å². The Kier molecular flexibility index (Phi) is 17.3. The lowest BCUT2D eigenvalue weighted by Gasteiger charge is -2.47. The molecule has 2 bridgehead atoms. The van der Waals surface area contributed by atoms with Crippen LogP contribution in [-0.2, 0) is 42.9 Å². The number of hydrogen-bond donors (Lipinski definition) is 2. The zero-order valence-electron chi connectivity index (χ0n) is 35.9. The Morgan fingerprint density at radius 1 is 0.930 bits per heavy atom. The van der Waals surface area contributed by atoms with Crippen molar-refractivity contribution >= 4 is 23.4 Å². The molecule has 57 heavy (non-hydrogen) atoms. The number of allylic oxidation sites excluding steroid dienone is 4. The minimum atomic E-state index is -2.49. The molecule has 0 radical (unpaired) electrons. The molecular weight excluding hydrogens is 730 g/mol. The third kappa shape index (κ3) is 11.3. The highest BCUT2D eigenvalue weighted by atomic mass is 16.7. The van der Waals surface area contributed by atoms with Gasteiger partial charge in [0.05, 0.1) is 24.4 Å². The maximum Gasteiger partial charge on any atom is 0.329 e. The fourth-order valence-corrected chi connectivity index (χ4v) is 9.69. The first-order valence-electron chi connectivity index (χ1n) is 21.2. The van der Waals surface area contributed by atoms with Crippen LogP contribution in [0, 0.1) is 35.5 Å². The van der Waals surface area contributed by atoms with E-state index in [9.17, 15) is 29.4 Å². The minimum Gasteiger partial charge on any atom is -0.456 e. The summed E-state index contributed by atoms with van der Waals surface area (Å²) in [6.07, 6.45) is 7.32. The molecule has 2 N–H and O–H groups in total. The number of fused-ring (bicyclic) bond motifs is 3. The quantitative estimate of drug-likeness (QED) is 0.179. The maximum atomic E-state index is 14.3. The van der Waals surface area contributed by atoms with Crippen molar-refractivity contribution in [1.82, 2.24) is 4.90 Å².